The lowest BCUT2D eigenvalue weighted by molar-refractivity contribution is 0.596. The average Bonchev–Trinajstić information content (AvgIpc) is 2.97. The molecule has 2 N–H and O–H groups in total. The lowest BCUT2D eigenvalue weighted by Crippen LogP contribution is -2.17. The lowest BCUT2D eigenvalue weighted by Gasteiger charge is -2.16. The Kier molecular flexibility index (Phi) is 3.76. The quantitative estimate of drug-likeness (QED) is 0.792. The van der Waals surface area contributed by atoms with E-state index in [0.29, 0.717) is 0 Å². The van der Waals surface area contributed by atoms with Crippen LogP contribution in [-0.4, -0.2) is 9.78 Å². The molecule has 1 atom stereocenters. The molecule has 0 fully saturated rings. The van der Waals surface area contributed by atoms with Crippen LogP contribution in [0.2, 0.25) is 0 Å². The number of nitrogens with zero attached hydrogens (tertiary/aromatic N) is 2. The molecule has 0 aliphatic heterocycles. The topological polar surface area (TPSA) is 43.8 Å². The highest BCUT2D eigenvalue weighted by molar-refractivity contribution is 5.86. The van der Waals surface area contributed by atoms with Gasteiger partial charge in [-0.2, -0.15) is 5.10 Å². The van der Waals surface area contributed by atoms with Crippen LogP contribution in [-0.2, 0) is 13.0 Å². The standard InChI is InChI=1S/C18H21N3/c1-3-14-12-17(21(4-2)20-14)18(19)16-11-7-9-13-8-5-6-10-15(13)16/h5-12,18H,3-4,19H2,1-2H3. The molecule has 0 radical (unpaired) electrons. The summed E-state index contributed by atoms with van der Waals surface area (Å²) in [6.45, 7) is 5.06. The van der Waals surface area contributed by atoms with E-state index in [0.717, 1.165) is 29.9 Å². The van der Waals surface area contributed by atoms with Crippen LogP contribution in [0.5, 0.6) is 0 Å². The fraction of sp³-hybridized carbons (Fsp3) is 0.278. The van der Waals surface area contributed by atoms with Crippen LogP contribution >= 0.6 is 0 Å². The van der Waals surface area contributed by atoms with Crippen molar-refractivity contribution in [2.45, 2.75) is 32.9 Å². The number of rotatable bonds is 4. The Morgan fingerprint density at radius 3 is 2.62 bits per heavy atom. The van der Waals surface area contributed by atoms with E-state index < -0.39 is 0 Å². The molecule has 21 heavy (non-hydrogen) atoms. The summed E-state index contributed by atoms with van der Waals surface area (Å²) >= 11 is 0. The zero-order valence-electron chi connectivity index (χ0n) is 12.6. The molecule has 3 rings (SSSR count). The molecule has 0 bridgehead atoms. The third-order valence-electron chi connectivity index (χ3n) is 4.00. The molecule has 0 aliphatic rings. The monoisotopic (exact) mass is 279 g/mol. The summed E-state index contributed by atoms with van der Waals surface area (Å²) in [5, 5.41) is 7.05. The first kappa shape index (κ1) is 13.8. The Morgan fingerprint density at radius 1 is 1.10 bits per heavy atom. The van der Waals surface area contributed by atoms with Crippen molar-refractivity contribution in [3.63, 3.8) is 0 Å². The largest absolute Gasteiger partial charge is 0.319 e. The summed E-state index contributed by atoms with van der Waals surface area (Å²) in [6.07, 6.45) is 0.933. The van der Waals surface area contributed by atoms with Gasteiger partial charge in [-0.15, -0.1) is 0 Å². The minimum Gasteiger partial charge on any atom is -0.319 e. The SMILES string of the molecule is CCc1cc(C(N)c2cccc3ccccc23)n(CC)n1. The first-order chi connectivity index (χ1) is 10.2. The van der Waals surface area contributed by atoms with Crippen LogP contribution in [0.1, 0.15) is 36.8 Å². The lowest BCUT2D eigenvalue weighted by atomic mass is 9.97. The van der Waals surface area contributed by atoms with Crippen LogP contribution in [0.3, 0.4) is 0 Å². The molecular weight excluding hydrogens is 258 g/mol. The molecule has 0 saturated heterocycles. The maximum atomic E-state index is 6.57. The van der Waals surface area contributed by atoms with Gasteiger partial charge in [0.1, 0.15) is 0 Å². The smallest absolute Gasteiger partial charge is 0.0729 e. The van der Waals surface area contributed by atoms with E-state index in [-0.39, 0.29) is 6.04 Å². The van der Waals surface area contributed by atoms with Crippen molar-refractivity contribution in [3.8, 4) is 0 Å². The van der Waals surface area contributed by atoms with Crippen molar-refractivity contribution in [3.05, 3.63) is 65.5 Å². The zero-order chi connectivity index (χ0) is 14.8. The highest BCUT2D eigenvalue weighted by Gasteiger charge is 2.17. The van der Waals surface area contributed by atoms with Crippen LogP contribution < -0.4 is 5.73 Å². The maximum Gasteiger partial charge on any atom is 0.0729 e. The third-order valence-corrected chi connectivity index (χ3v) is 4.00. The minimum atomic E-state index is -0.149. The number of hydrogen-bond donors (Lipinski definition) is 1. The van der Waals surface area contributed by atoms with Crippen molar-refractivity contribution < 1.29 is 0 Å². The van der Waals surface area contributed by atoms with E-state index in [9.17, 15) is 0 Å². The molecule has 0 spiro atoms. The van der Waals surface area contributed by atoms with Gasteiger partial charge in [-0.05, 0) is 35.7 Å². The predicted octanol–water partition coefficient (Wildman–Crippen LogP) is 3.67. The number of aromatic nitrogens is 2. The van der Waals surface area contributed by atoms with Crippen LogP contribution in [0.4, 0.5) is 0 Å². The normalized spacial score (nSPS) is 12.7. The Balaban J connectivity index is 2.12. The van der Waals surface area contributed by atoms with E-state index in [1.54, 1.807) is 0 Å². The van der Waals surface area contributed by atoms with E-state index in [4.69, 9.17) is 5.73 Å². The van der Waals surface area contributed by atoms with E-state index >= 15 is 0 Å². The Labute approximate surface area is 125 Å². The number of nitrogens with two attached hydrogens (primary N) is 1. The first-order valence-corrected chi connectivity index (χ1v) is 7.54. The van der Waals surface area contributed by atoms with Crippen molar-refractivity contribution in [2.75, 3.05) is 0 Å². The first-order valence-electron chi connectivity index (χ1n) is 7.54. The third kappa shape index (κ3) is 2.45. The minimum absolute atomic E-state index is 0.149. The highest BCUT2D eigenvalue weighted by atomic mass is 15.3. The van der Waals surface area contributed by atoms with Crippen molar-refractivity contribution in [1.82, 2.24) is 9.78 Å². The highest BCUT2D eigenvalue weighted by Crippen LogP contribution is 2.27. The van der Waals surface area contributed by atoms with E-state index in [1.807, 2.05) is 4.68 Å². The van der Waals surface area contributed by atoms with Gasteiger partial charge in [0, 0.05) is 6.54 Å². The summed E-state index contributed by atoms with van der Waals surface area (Å²) in [7, 11) is 0. The van der Waals surface area contributed by atoms with Gasteiger partial charge in [-0.1, -0.05) is 49.4 Å². The molecular formula is C18H21N3. The van der Waals surface area contributed by atoms with Gasteiger partial charge >= 0.3 is 0 Å². The number of aryl methyl sites for hydroxylation is 2. The van der Waals surface area contributed by atoms with E-state index in [2.05, 4.69) is 67.5 Å². The maximum absolute atomic E-state index is 6.57. The van der Waals surface area contributed by atoms with Gasteiger partial charge in [-0.3, -0.25) is 4.68 Å². The van der Waals surface area contributed by atoms with Gasteiger partial charge in [0.05, 0.1) is 17.4 Å². The second-order valence-electron chi connectivity index (χ2n) is 5.28. The second-order valence-corrected chi connectivity index (χ2v) is 5.28. The molecule has 1 heterocycles. The predicted molar refractivity (Wildman–Crippen MR) is 87.3 cm³/mol. The van der Waals surface area contributed by atoms with Gasteiger partial charge in [0.25, 0.3) is 0 Å². The van der Waals surface area contributed by atoms with Crippen molar-refractivity contribution >= 4 is 10.8 Å². The molecule has 0 amide bonds. The Hall–Kier alpha value is -2.13. The van der Waals surface area contributed by atoms with Crippen molar-refractivity contribution in [1.29, 1.82) is 0 Å². The zero-order valence-corrected chi connectivity index (χ0v) is 12.6. The number of hydrogen-bond acceptors (Lipinski definition) is 2. The van der Waals surface area contributed by atoms with Gasteiger partial charge < -0.3 is 5.73 Å². The molecule has 2 aromatic carbocycles. The van der Waals surface area contributed by atoms with Crippen LogP contribution in [0, 0.1) is 0 Å². The molecule has 1 unspecified atom stereocenters. The molecule has 3 aromatic rings. The molecule has 0 saturated carbocycles. The Bertz CT molecular complexity index is 753. The number of benzene rings is 2. The Morgan fingerprint density at radius 2 is 1.86 bits per heavy atom. The van der Waals surface area contributed by atoms with E-state index in [1.165, 1.54) is 10.8 Å². The molecule has 108 valence electrons. The molecule has 3 heteroatoms. The molecule has 1 aromatic heterocycles. The van der Waals surface area contributed by atoms with Gasteiger partial charge in [0.15, 0.2) is 0 Å². The van der Waals surface area contributed by atoms with Crippen LogP contribution in [0.15, 0.2) is 48.5 Å². The fourth-order valence-electron chi connectivity index (χ4n) is 2.84. The summed E-state index contributed by atoms with van der Waals surface area (Å²) in [6, 6.07) is 16.7. The summed E-state index contributed by atoms with van der Waals surface area (Å²) < 4.78 is 2.02. The summed E-state index contributed by atoms with van der Waals surface area (Å²) in [5.74, 6) is 0. The van der Waals surface area contributed by atoms with Gasteiger partial charge in [-0.25, -0.2) is 0 Å². The second kappa shape index (κ2) is 5.70. The molecule has 0 aliphatic carbocycles. The fourth-order valence-corrected chi connectivity index (χ4v) is 2.84. The summed E-state index contributed by atoms with van der Waals surface area (Å²) in [4.78, 5) is 0. The number of fused-ring (bicyclic) bond motifs is 1. The summed E-state index contributed by atoms with van der Waals surface area (Å²) in [5.41, 5.74) is 9.91. The molecule has 3 nitrogen and oxygen atoms in total. The van der Waals surface area contributed by atoms with Crippen molar-refractivity contribution in [2.24, 2.45) is 5.73 Å². The van der Waals surface area contributed by atoms with Gasteiger partial charge in [0.2, 0.25) is 0 Å². The van der Waals surface area contributed by atoms with Crippen LogP contribution in [0.25, 0.3) is 10.8 Å². The average molecular weight is 279 g/mol.